The second-order valence-electron chi connectivity index (χ2n) is 7.37. The number of rotatable bonds is 5. The van der Waals surface area contributed by atoms with Crippen LogP contribution in [0.5, 0.6) is 0 Å². The van der Waals surface area contributed by atoms with Crippen LogP contribution in [0.15, 0.2) is 64.2 Å². The van der Waals surface area contributed by atoms with Gasteiger partial charge in [-0.25, -0.2) is 17.2 Å². The maximum atomic E-state index is 14.1. The second kappa shape index (κ2) is 8.49. The van der Waals surface area contributed by atoms with Crippen molar-refractivity contribution in [2.24, 2.45) is 0 Å². The van der Waals surface area contributed by atoms with Crippen LogP contribution in [0.4, 0.5) is 8.78 Å². The van der Waals surface area contributed by atoms with Crippen molar-refractivity contribution in [3.63, 3.8) is 0 Å². The van der Waals surface area contributed by atoms with Crippen molar-refractivity contribution in [2.45, 2.75) is 36.2 Å². The lowest BCUT2D eigenvalue weighted by Crippen LogP contribution is -2.52. The number of hydrogen-bond acceptors (Lipinski definition) is 4. The predicted octanol–water partition coefficient (Wildman–Crippen LogP) is 4.02. The summed E-state index contributed by atoms with van der Waals surface area (Å²) >= 11 is 1.09. The molecule has 2 unspecified atom stereocenters. The summed E-state index contributed by atoms with van der Waals surface area (Å²) in [6, 6.07) is 11.9. The first kappa shape index (κ1) is 21.6. The maximum absolute atomic E-state index is 14.1. The topological polar surface area (TPSA) is 66.5 Å². The van der Waals surface area contributed by atoms with Crippen LogP contribution in [-0.2, 0) is 27.8 Å². The molecule has 1 aliphatic rings. The Hall–Kier alpha value is -2.62. The zero-order valence-electron chi connectivity index (χ0n) is 16.6. The summed E-state index contributed by atoms with van der Waals surface area (Å²) in [7, 11) is -3.90. The minimum Gasteiger partial charge on any atom is -0.348 e. The molecule has 2 aromatic carbocycles. The van der Waals surface area contributed by atoms with Crippen LogP contribution in [-0.4, -0.2) is 24.7 Å². The highest BCUT2D eigenvalue weighted by molar-refractivity contribution is 7.91. The van der Waals surface area contributed by atoms with Gasteiger partial charge < -0.3 is 5.32 Å². The van der Waals surface area contributed by atoms with Gasteiger partial charge in [0, 0.05) is 18.2 Å². The Balaban J connectivity index is 1.65. The molecule has 0 spiro atoms. The number of sulfonamides is 1. The average Bonchev–Trinajstić information content (AvgIpc) is 3.28. The predicted molar refractivity (Wildman–Crippen MR) is 114 cm³/mol. The van der Waals surface area contributed by atoms with Crippen LogP contribution >= 0.6 is 11.3 Å². The Bertz CT molecular complexity index is 1210. The third kappa shape index (κ3) is 4.26. The van der Waals surface area contributed by atoms with Crippen molar-refractivity contribution >= 4 is 27.3 Å². The minimum atomic E-state index is -3.90. The van der Waals surface area contributed by atoms with Crippen molar-refractivity contribution in [3.8, 4) is 0 Å². The number of benzene rings is 2. The van der Waals surface area contributed by atoms with Gasteiger partial charge in [0.05, 0.1) is 6.04 Å². The van der Waals surface area contributed by atoms with Gasteiger partial charge in [0.15, 0.2) is 0 Å². The molecule has 162 valence electrons. The lowest BCUT2D eigenvalue weighted by Gasteiger charge is -2.35. The molecule has 5 nitrogen and oxygen atoms in total. The van der Waals surface area contributed by atoms with E-state index in [2.05, 4.69) is 5.32 Å². The molecule has 1 aromatic heterocycles. The lowest BCUT2D eigenvalue weighted by atomic mass is 9.95. The first-order chi connectivity index (χ1) is 14.8. The first-order valence-electron chi connectivity index (χ1n) is 9.65. The summed E-state index contributed by atoms with van der Waals surface area (Å²) in [4.78, 5) is 13.2. The van der Waals surface area contributed by atoms with E-state index in [4.69, 9.17) is 0 Å². The normalized spacial score (nSPS) is 17.7. The van der Waals surface area contributed by atoms with E-state index in [-0.39, 0.29) is 22.7 Å². The quantitative estimate of drug-likeness (QED) is 0.623. The Morgan fingerprint density at radius 2 is 1.87 bits per heavy atom. The van der Waals surface area contributed by atoms with Crippen molar-refractivity contribution in [1.29, 1.82) is 0 Å². The van der Waals surface area contributed by atoms with Crippen LogP contribution < -0.4 is 5.32 Å². The van der Waals surface area contributed by atoms with E-state index >= 15 is 0 Å². The van der Waals surface area contributed by atoms with E-state index < -0.39 is 39.6 Å². The standard InChI is InChI=1S/C22H20F2N2O3S2/c1-14(18-9-8-17(23)12-19(18)24)25-22(27)20-11-15-5-2-3-6-16(15)13-26(20)31(28,29)21-7-4-10-30-21/h2-10,12,14,20H,11,13H2,1H3,(H,25,27). The van der Waals surface area contributed by atoms with E-state index in [1.807, 2.05) is 24.3 Å². The van der Waals surface area contributed by atoms with Gasteiger partial charge >= 0.3 is 0 Å². The molecule has 1 N–H and O–H groups in total. The lowest BCUT2D eigenvalue weighted by molar-refractivity contribution is -0.125. The van der Waals surface area contributed by atoms with E-state index in [0.29, 0.717) is 0 Å². The molecule has 3 aromatic rings. The van der Waals surface area contributed by atoms with E-state index in [9.17, 15) is 22.0 Å². The number of fused-ring (bicyclic) bond motifs is 1. The molecule has 31 heavy (non-hydrogen) atoms. The highest BCUT2D eigenvalue weighted by Gasteiger charge is 2.40. The largest absolute Gasteiger partial charge is 0.348 e. The maximum Gasteiger partial charge on any atom is 0.253 e. The average molecular weight is 463 g/mol. The fourth-order valence-electron chi connectivity index (χ4n) is 3.74. The SMILES string of the molecule is CC(NC(=O)C1Cc2ccccc2CN1S(=O)(=O)c1cccs1)c1ccc(F)cc1F. The van der Waals surface area contributed by atoms with Crippen molar-refractivity contribution < 1.29 is 22.0 Å². The van der Waals surface area contributed by atoms with Gasteiger partial charge in [-0.1, -0.05) is 36.4 Å². The van der Waals surface area contributed by atoms with Crippen molar-refractivity contribution in [3.05, 3.63) is 88.3 Å². The van der Waals surface area contributed by atoms with Gasteiger partial charge in [-0.3, -0.25) is 4.79 Å². The highest BCUT2D eigenvalue weighted by atomic mass is 32.2. The number of carbonyl (C=O) groups excluding carboxylic acids is 1. The summed E-state index contributed by atoms with van der Waals surface area (Å²) < 4.78 is 55.3. The molecule has 1 aliphatic heterocycles. The summed E-state index contributed by atoms with van der Waals surface area (Å²) in [6.45, 7) is 1.64. The number of halogens is 2. The molecule has 4 rings (SSSR count). The van der Waals surface area contributed by atoms with Crippen LogP contribution in [0.25, 0.3) is 0 Å². The molecular weight excluding hydrogens is 442 g/mol. The van der Waals surface area contributed by atoms with Gasteiger partial charge in [-0.2, -0.15) is 4.31 Å². The first-order valence-corrected chi connectivity index (χ1v) is 12.0. The Kier molecular flexibility index (Phi) is 5.92. The van der Waals surface area contributed by atoms with Gasteiger partial charge in [0.2, 0.25) is 5.91 Å². The molecule has 9 heteroatoms. The van der Waals surface area contributed by atoms with Crippen LogP contribution in [0.2, 0.25) is 0 Å². The Morgan fingerprint density at radius 1 is 1.13 bits per heavy atom. The molecule has 0 aliphatic carbocycles. The van der Waals surface area contributed by atoms with Gasteiger partial charge in [0.1, 0.15) is 21.9 Å². The number of thiophene rings is 1. The summed E-state index contributed by atoms with van der Waals surface area (Å²) in [5, 5.41) is 4.37. The highest BCUT2D eigenvalue weighted by Crippen LogP contribution is 2.31. The monoisotopic (exact) mass is 462 g/mol. The Morgan fingerprint density at radius 3 is 2.55 bits per heavy atom. The van der Waals surface area contributed by atoms with E-state index in [1.165, 1.54) is 16.4 Å². The number of carbonyl (C=O) groups is 1. The van der Waals surface area contributed by atoms with Gasteiger partial charge in [-0.05, 0) is 42.0 Å². The molecule has 0 saturated heterocycles. The molecule has 1 amide bonds. The zero-order chi connectivity index (χ0) is 22.2. The fourth-order valence-corrected chi connectivity index (χ4v) is 6.43. The summed E-state index contributed by atoms with van der Waals surface area (Å²) in [5.74, 6) is -2.02. The third-order valence-corrected chi connectivity index (χ3v) is 8.58. The van der Waals surface area contributed by atoms with E-state index in [1.54, 1.807) is 18.4 Å². The molecule has 0 saturated carbocycles. The summed E-state index contributed by atoms with van der Waals surface area (Å²) in [6.07, 6.45) is 0.200. The zero-order valence-corrected chi connectivity index (χ0v) is 18.2. The number of hydrogen-bond donors (Lipinski definition) is 1. The van der Waals surface area contributed by atoms with E-state index in [0.717, 1.165) is 34.6 Å². The fraction of sp³-hybridized carbons (Fsp3) is 0.227. The van der Waals surface area contributed by atoms with Crippen LogP contribution in [0, 0.1) is 11.6 Å². The molecule has 0 radical (unpaired) electrons. The van der Waals surface area contributed by atoms with Crippen LogP contribution in [0.1, 0.15) is 29.7 Å². The Labute approximate surface area is 183 Å². The third-order valence-electron chi connectivity index (χ3n) is 5.35. The number of amides is 1. The summed E-state index contributed by atoms with van der Waals surface area (Å²) in [5.41, 5.74) is 1.85. The van der Waals surface area contributed by atoms with Crippen molar-refractivity contribution in [2.75, 3.05) is 0 Å². The van der Waals surface area contributed by atoms with Gasteiger partial charge in [-0.15, -0.1) is 11.3 Å². The molecule has 0 fully saturated rings. The number of nitrogens with one attached hydrogen (secondary N) is 1. The van der Waals surface area contributed by atoms with Gasteiger partial charge in [0.25, 0.3) is 10.0 Å². The second-order valence-corrected chi connectivity index (χ2v) is 10.4. The van der Waals surface area contributed by atoms with Crippen molar-refractivity contribution in [1.82, 2.24) is 9.62 Å². The molecular formula is C22H20F2N2O3S2. The molecule has 2 atom stereocenters. The molecule has 2 heterocycles. The minimum absolute atomic E-state index is 0.0633. The smallest absolute Gasteiger partial charge is 0.253 e. The number of nitrogens with zero attached hydrogens (tertiary/aromatic N) is 1. The molecule has 0 bridgehead atoms. The van der Waals surface area contributed by atoms with Crippen LogP contribution in [0.3, 0.4) is 0 Å².